The molecular weight excluding hydrogens is 841 g/mol. The lowest BCUT2D eigenvalue weighted by atomic mass is 9.99. The van der Waals surface area contributed by atoms with Crippen LogP contribution in [-0.2, 0) is 0 Å². The number of thiophene rings is 1. The molecule has 0 saturated carbocycles. The van der Waals surface area contributed by atoms with Crippen LogP contribution in [0.3, 0.4) is 0 Å². The van der Waals surface area contributed by atoms with Crippen LogP contribution in [0.2, 0.25) is 0 Å². The molecule has 0 atom stereocenters. The van der Waals surface area contributed by atoms with Gasteiger partial charge in [0.05, 0.1) is 32.3 Å². The third-order valence-electron chi connectivity index (χ3n) is 13.6. The highest BCUT2D eigenvalue weighted by Crippen LogP contribution is 2.49. The van der Waals surface area contributed by atoms with Crippen molar-refractivity contribution in [3.8, 4) is 17.1 Å². The van der Waals surface area contributed by atoms with E-state index in [1.807, 2.05) is 35.6 Å². The summed E-state index contributed by atoms with van der Waals surface area (Å²) in [5, 5.41) is 12.5. The van der Waals surface area contributed by atoms with E-state index in [4.69, 9.17) is 18.8 Å². The fraction of sp³-hybridized carbons (Fsp3) is 0. The van der Waals surface area contributed by atoms with Gasteiger partial charge in [0.2, 0.25) is 5.95 Å². The zero-order valence-electron chi connectivity index (χ0n) is 35.6. The minimum absolute atomic E-state index is 0.594. The third kappa shape index (κ3) is 5.20. The van der Waals surface area contributed by atoms with Crippen LogP contribution in [-0.4, -0.2) is 14.5 Å². The molecule has 6 nitrogen and oxygen atoms in total. The lowest BCUT2D eigenvalue weighted by Gasteiger charge is -2.27. The molecule has 0 aliphatic carbocycles. The van der Waals surface area contributed by atoms with Crippen LogP contribution in [0, 0.1) is 0 Å². The minimum atomic E-state index is 0.594. The highest BCUT2D eigenvalue weighted by Gasteiger charge is 2.27. The minimum Gasteiger partial charge on any atom is -0.456 e. The summed E-state index contributed by atoms with van der Waals surface area (Å²) < 4.78 is 17.8. The van der Waals surface area contributed by atoms with E-state index in [1.54, 1.807) is 0 Å². The predicted molar refractivity (Wildman–Crippen MR) is 279 cm³/mol. The molecule has 15 rings (SSSR count). The molecule has 67 heavy (non-hydrogen) atoms. The maximum absolute atomic E-state index is 6.55. The molecule has 0 fully saturated rings. The molecule has 5 heterocycles. The number of para-hydroxylation sites is 5. The van der Waals surface area contributed by atoms with Crippen LogP contribution in [0.4, 0.5) is 17.2 Å². The zero-order chi connectivity index (χ0) is 43.7. The summed E-state index contributed by atoms with van der Waals surface area (Å²) in [7, 11) is 0. The third-order valence-corrected chi connectivity index (χ3v) is 14.8. The molecule has 0 bridgehead atoms. The predicted octanol–water partition coefficient (Wildman–Crippen LogP) is 17.2. The molecular formula is C60H34N4O2S. The van der Waals surface area contributed by atoms with Crippen LogP contribution in [0.15, 0.2) is 215 Å². The summed E-state index contributed by atoms with van der Waals surface area (Å²) in [5.74, 6) is 1.35. The topological polar surface area (TPSA) is 60.2 Å². The number of rotatable bonds is 5. The molecule has 0 N–H and O–H groups in total. The van der Waals surface area contributed by atoms with Gasteiger partial charge < -0.3 is 8.83 Å². The van der Waals surface area contributed by atoms with Crippen molar-refractivity contribution >= 4 is 136 Å². The summed E-state index contributed by atoms with van der Waals surface area (Å²) in [4.78, 5) is 13.6. The zero-order valence-corrected chi connectivity index (χ0v) is 36.5. The van der Waals surface area contributed by atoms with Crippen LogP contribution >= 0.6 is 11.3 Å². The van der Waals surface area contributed by atoms with E-state index >= 15 is 0 Å². The maximum atomic E-state index is 6.55. The Morgan fingerprint density at radius 3 is 1.90 bits per heavy atom. The molecule has 312 valence electrons. The molecule has 7 heteroatoms. The van der Waals surface area contributed by atoms with E-state index in [0.29, 0.717) is 5.95 Å². The van der Waals surface area contributed by atoms with Gasteiger partial charge in [-0.1, -0.05) is 146 Å². The van der Waals surface area contributed by atoms with Crippen molar-refractivity contribution in [3.05, 3.63) is 206 Å². The quantitative estimate of drug-likeness (QED) is 0.172. The first-order valence-corrected chi connectivity index (χ1v) is 23.3. The molecule has 0 unspecified atom stereocenters. The van der Waals surface area contributed by atoms with Crippen molar-refractivity contribution < 1.29 is 8.83 Å². The Labute approximate surface area is 385 Å². The van der Waals surface area contributed by atoms with E-state index in [-0.39, 0.29) is 0 Å². The Bertz CT molecular complexity index is 4540. The number of nitrogens with zero attached hydrogens (tertiary/aromatic N) is 4. The Hall–Kier alpha value is -8.78. The molecule has 10 aromatic carbocycles. The molecule has 0 saturated heterocycles. The van der Waals surface area contributed by atoms with Crippen LogP contribution in [0.5, 0.6) is 0 Å². The van der Waals surface area contributed by atoms with Crippen LogP contribution in [0.25, 0.3) is 125 Å². The first kappa shape index (κ1) is 36.5. The number of anilines is 3. The van der Waals surface area contributed by atoms with Gasteiger partial charge in [-0.25, -0.2) is 4.98 Å². The number of benzene rings is 10. The van der Waals surface area contributed by atoms with Crippen molar-refractivity contribution in [2.45, 2.75) is 0 Å². The van der Waals surface area contributed by atoms with E-state index < -0.39 is 0 Å². The molecule has 15 aromatic rings. The van der Waals surface area contributed by atoms with Gasteiger partial charge in [-0.2, -0.15) is 4.98 Å². The van der Waals surface area contributed by atoms with Gasteiger partial charge in [-0.3, -0.25) is 9.47 Å². The smallest absolute Gasteiger partial charge is 0.237 e. The van der Waals surface area contributed by atoms with Crippen molar-refractivity contribution in [1.29, 1.82) is 0 Å². The van der Waals surface area contributed by atoms with Gasteiger partial charge in [-0.15, -0.1) is 11.3 Å². The standard InChI is InChI=1S/C60H34N4O2S/c1-2-17-40-39(16-1)53-43-19-4-9-25-47(43)64(56(53)58-54(40)45-21-7-12-30-52(45)67-58)60-61-46-24-8-3-18-42(46)59(62-60)63(48-26-14-29-51-55(48)44-20-6-11-28-50(44)65-51)36-33-31-35(32-34-36)37-22-13-23-41-38-15-5-10-27-49(38)66-57(37)41/h1-34H. The largest absolute Gasteiger partial charge is 0.456 e. The summed E-state index contributed by atoms with van der Waals surface area (Å²) in [6.45, 7) is 0. The van der Waals surface area contributed by atoms with Gasteiger partial charge >= 0.3 is 0 Å². The Kier molecular flexibility index (Phi) is 7.56. The van der Waals surface area contributed by atoms with Gasteiger partial charge in [-0.05, 0) is 77.0 Å². The Morgan fingerprint density at radius 1 is 0.433 bits per heavy atom. The summed E-state index contributed by atoms with van der Waals surface area (Å²) >= 11 is 1.84. The second-order valence-electron chi connectivity index (χ2n) is 17.2. The summed E-state index contributed by atoms with van der Waals surface area (Å²) in [5.41, 5.74) is 10.4. The molecule has 0 amide bonds. The normalized spacial score (nSPS) is 12.2. The van der Waals surface area contributed by atoms with Crippen LogP contribution in [0.1, 0.15) is 0 Å². The maximum Gasteiger partial charge on any atom is 0.237 e. The summed E-state index contributed by atoms with van der Waals surface area (Å²) in [6, 6.07) is 72.7. The van der Waals surface area contributed by atoms with Gasteiger partial charge in [0, 0.05) is 59.0 Å². The lowest BCUT2D eigenvalue weighted by Crippen LogP contribution is -2.15. The molecule has 0 aliphatic heterocycles. The number of hydrogen-bond acceptors (Lipinski definition) is 6. The van der Waals surface area contributed by atoms with Gasteiger partial charge in [0.1, 0.15) is 22.3 Å². The first-order chi connectivity index (χ1) is 33.2. The number of hydrogen-bond donors (Lipinski definition) is 0. The fourth-order valence-corrected chi connectivity index (χ4v) is 12.0. The Balaban J connectivity index is 1.03. The van der Waals surface area contributed by atoms with Crippen molar-refractivity contribution in [2.75, 3.05) is 4.90 Å². The molecule has 0 aliphatic rings. The molecule has 5 aromatic heterocycles. The van der Waals surface area contributed by atoms with Gasteiger partial charge in [0.25, 0.3) is 0 Å². The average Bonchev–Trinajstić information content (AvgIpc) is 4.16. The number of fused-ring (bicyclic) bond motifs is 17. The first-order valence-electron chi connectivity index (χ1n) is 22.5. The molecule has 0 spiro atoms. The van der Waals surface area contributed by atoms with Crippen LogP contribution < -0.4 is 4.90 Å². The Morgan fingerprint density at radius 2 is 1.06 bits per heavy atom. The van der Waals surface area contributed by atoms with E-state index in [1.165, 1.54) is 36.3 Å². The van der Waals surface area contributed by atoms with E-state index in [9.17, 15) is 0 Å². The van der Waals surface area contributed by atoms with E-state index in [2.05, 4.69) is 191 Å². The average molecular weight is 875 g/mol. The second kappa shape index (κ2) is 13.9. The van der Waals surface area contributed by atoms with E-state index in [0.717, 1.165) is 99.5 Å². The van der Waals surface area contributed by atoms with Crippen molar-refractivity contribution in [1.82, 2.24) is 14.5 Å². The van der Waals surface area contributed by atoms with Crippen molar-refractivity contribution in [3.63, 3.8) is 0 Å². The fourth-order valence-electron chi connectivity index (χ4n) is 10.7. The van der Waals surface area contributed by atoms with Crippen molar-refractivity contribution in [2.24, 2.45) is 0 Å². The second-order valence-corrected chi connectivity index (χ2v) is 18.3. The number of furan rings is 2. The molecule has 0 radical (unpaired) electrons. The monoisotopic (exact) mass is 874 g/mol. The highest BCUT2D eigenvalue weighted by molar-refractivity contribution is 7.27. The van der Waals surface area contributed by atoms with Gasteiger partial charge in [0.15, 0.2) is 5.82 Å². The SMILES string of the molecule is c1ccc2c(N(c3ccc(-c4cccc5c4oc4ccccc45)cc3)c3cccc4oc5ccccc5c34)nc(-n3c4ccccc4c4c5ccccc5c5c6ccccc6sc5c43)nc2c1. The summed E-state index contributed by atoms with van der Waals surface area (Å²) in [6.07, 6.45) is 0. The number of aromatic nitrogens is 3. The lowest BCUT2D eigenvalue weighted by molar-refractivity contribution is 0.669. The highest BCUT2D eigenvalue weighted by atomic mass is 32.1.